The summed E-state index contributed by atoms with van der Waals surface area (Å²) >= 11 is 5.97. The third-order valence-corrected chi connectivity index (χ3v) is 5.01. The lowest BCUT2D eigenvalue weighted by molar-refractivity contribution is -0.116. The lowest BCUT2D eigenvalue weighted by Crippen LogP contribution is -2.15. The lowest BCUT2D eigenvalue weighted by atomic mass is 9.82. The molecule has 4 nitrogen and oxygen atoms in total. The standard InChI is InChI=1S/C22H28ClNO3/c1-5-22(2,3)16-8-11-18(12-9-16)27-14-6-7-21(25)24-19-15-17(23)10-13-20(19)26-4/h8-13,15H,5-7,14H2,1-4H3,(H,24,25). The average molecular weight is 390 g/mol. The van der Waals surface area contributed by atoms with Gasteiger partial charge < -0.3 is 14.8 Å². The van der Waals surface area contributed by atoms with E-state index >= 15 is 0 Å². The highest BCUT2D eigenvalue weighted by Gasteiger charge is 2.17. The number of ether oxygens (including phenoxy) is 2. The van der Waals surface area contributed by atoms with Crippen LogP contribution in [0.5, 0.6) is 11.5 Å². The second kappa shape index (κ2) is 9.65. The summed E-state index contributed by atoms with van der Waals surface area (Å²) in [7, 11) is 1.56. The Bertz CT molecular complexity index is 757. The quantitative estimate of drug-likeness (QED) is 0.548. The first-order chi connectivity index (χ1) is 12.9. The highest BCUT2D eigenvalue weighted by atomic mass is 35.5. The highest BCUT2D eigenvalue weighted by Crippen LogP contribution is 2.29. The molecule has 1 N–H and O–H groups in total. The summed E-state index contributed by atoms with van der Waals surface area (Å²) in [5.41, 5.74) is 2.04. The van der Waals surface area contributed by atoms with Crippen LogP contribution in [0.3, 0.4) is 0 Å². The molecule has 146 valence electrons. The number of benzene rings is 2. The molecular formula is C22H28ClNO3. The Balaban J connectivity index is 1.78. The van der Waals surface area contributed by atoms with E-state index in [2.05, 4.69) is 38.2 Å². The van der Waals surface area contributed by atoms with Crippen molar-refractivity contribution in [3.63, 3.8) is 0 Å². The van der Waals surface area contributed by atoms with E-state index in [0.717, 1.165) is 12.2 Å². The molecule has 0 aliphatic heterocycles. The zero-order valence-corrected chi connectivity index (χ0v) is 17.2. The van der Waals surface area contributed by atoms with Crippen LogP contribution in [-0.2, 0) is 10.2 Å². The maximum absolute atomic E-state index is 12.1. The van der Waals surface area contributed by atoms with Gasteiger partial charge in [0, 0.05) is 11.4 Å². The summed E-state index contributed by atoms with van der Waals surface area (Å²) < 4.78 is 11.0. The van der Waals surface area contributed by atoms with Gasteiger partial charge in [-0.05, 0) is 54.2 Å². The molecule has 0 fully saturated rings. The molecule has 0 heterocycles. The van der Waals surface area contributed by atoms with E-state index in [1.807, 2.05) is 12.1 Å². The number of amides is 1. The first-order valence-corrected chi connectivity index (χ1v) is 9.60. The van der Waals surface area contributed by atoms with Gasteiger partial charge in [-0.3, -0.25) is 4.79 Å². The summed E-state index contributed by atoms with van der Waals surface area (Å²) in [6.07, 6.45) is 2.06. The van der Waals surface area contributed by atoms with Crippen LogP contribution in [0.2, 0.25) is 5.02 Å². The van der Waals surface area contributed by atoms with Crippen molar-refractivity contribution in [3.05, 3.63) is 53.1 Å². The molecule has 0 atom stereocenters. The smallest absolute Gasteiger partial charge is 0.224 e. The van der Waals surface area contributed by atoms with Gasteiger partial charge in [-0.1, -0.05) is 44.5 Å². The van der Waals surface area contributed by atoms with E-state index < -0.39 is 0 Å². The number of hydrogen-bond donors (Lipinski definition) is 1. The molecule has 0 aliphatic rings. The molecule has 0 saturated carbocycles. The fourth-order valence-corrected chi connectivity index (χ4v) is 2.79. The Morgan fingerprint density at radius 3 is 2.48 bits per heavy atom. The van der Waals surface area contributed by atoms with Crippen molar-refractivity contribution in [2.45, 2.75) is 45.4 Å². The van der Waals surface area contributed by atoms with Crippen LogP contribution in [0.25, 0.3) is 0 Å². The summed E-state index contributed by atoms with van der Waals surface area (Å²) in [5.74, 6) is 1.31. The lowest BCUT2D eigenvalue weighted by Gasteiger charge is -2.23. The minimum Gasteiger partial charge on any atom is -0.495 e. The van der Waals surface area contributed by atoms with Gasteiger partial charge in [0.1, 0.15) is 11.5 Å². The van der Waals surface area contributed by atoms with E-state index in [0.29, 0.717) is 35.9 Å². The van der Waals surface area contributed by atoms with Crippen molar-refractivity contribution in [3.8, 4) is 11.5 Å². The molecule has 0 radical (unpaired) electrons. The van der Waals surface area contributed by atoms with Crippen LogP contribution < -0.4 is 14.8 Å². The number of hydrogen-bond acceptors (Lipinski definition) is 3. The molecule has 1 amide bonds. The van der Waals surface area contributed by atoms with E-state index in [9.17, 15) is 4.79 Å². The fourth-order valence-electron chi connectivity index (χ4n) is 2.62. The van der Waals surface area contributed by atoms with Crippen LogP contribution in [0, 0.1) is 0 Å². The van der Waals surface area contributed by atoms with E-state index in [1.165, 1.54) is 5.56 Å². The predicted molar refractivity (Wildman–Crippen MR) is 111 cm³/mol. The van der Waals surface area contributed by atoms with Gasteiger partial charge in [0.15, 0.2) is 0 Å². The molecule has 0 bridgehead atoms. The summed E-state index contributed by atoms with van der Waals surface area (Å²) in [4.78, 5) is 12.1. The number of carbonyl (C=O) groups is 1. The van der Waals surface area contributed by atoms with Gasteiger partial charge >= 0.3 is 0 Å². The van der Waals surface area contributed by atoms with Crippen molar-refractivity contribution in [1.82, 2.24) is 0 Å². The number of methoxy groups -OCH3 is 1. The van der Waals surface area contributed by atoms with Gasteiger partial charge in [0.2, 0.25) is 5.91 Å². The second-order valence-electron chi connectivity index (χ2n) is 7.11. The third-order valence-electron chi connectivity index (χ3n) is 4.77. The SMILES string of the molecule is CCC(C)(C)c1ccc(OCCCC(=O)Nc2cc(Cl)ccc2OC)cc1. The Hall–Kier alpha value is -2.20. The minimum absolute atomic E-state index is 0.0980. The number of nitrogens with one attached hydrogen (secondary N) is 1. The van der Waals surface area contributed by atoms with Crippen molar-refractivity contribution in [2.75, 3.05) is 19.0 Å². The van der Waals surface area contributed by atoms with Crippen molar-refractivity contribution < 1.29 is 14.3 Å². The zero-order valence-electron chi connectivity index (χ0n) is 16.5. The maximum Gasteiger partial charge on any atom is 0.224 e. The van der Waals surface area contributed by atoms with Gasteiger partial charge in [0.25, 0.3) is 0 Å². The number of carbonyl (C=O) groups excluding carboxylic acids is 1. The van der Waals surface area contributed by atoms with E-state index in [4.69, 9.17) is 21.1 Å². The maximum atomic E-state index is 12.1. The summed E-state index contributed by atoms with van der Waals surface area (Å²) in [5, 5.41) is 3.37. The molecule has 2 rings (SSSR count). The number of rotatable bonds is 9. The molecule has 2 aromatic carbocycles. The molecule has 27 heavy (non-hydrogen) atoms. The van der Waals surface area contributed by atoms with Crippen molar-refractivity contribution in [1.29, 1.82) is 0 Å². The molecule has 2 aromatic rings. The zero-order chi connectivity index (χ0) is 19.9. The monoisotopic (exact) mass is 389 g/mol. The van der Waals surface area contributed by atoms with Crippen LogP contribution in [0.4, 0.5) is 5.69 Å². The van der Waals surface area contributed by atoms with Crippen molar-refractivity contribution >= 4 is 23.2 Å². The highest BCUT2D eigenvalue weighted by molar-refractivity contribution is 6.31. The largest absolute Gasteiger partial charge is 0.495 e. The molecular weight excluding hydrogens is 362 g/mol. The minimum atomic E-state index is -0.0980. The van der Waals surface area contributed by atoms with Gasteiger partial charge in [-0.25, -0.2) is 0 Å². The Kier molecular flexibility index (Phi) is 7.55. The van der Waals surface area contributed by atoms with E-state index in [-0.39, 0.29) is 11.3 Å². The van der Waals surface area contributed by atoms with Gasteiger partial charge in [-0.2, -0.15) is 0 Å². The second-order valence-corrected chi connectivity index (χ2v) is 7.54. The Labute approximate surface area is 166 Å². The first-order valence-electron chi connectivity index (χ1n) is 9.22. The van der Waals surface area contributed by atoms with Crippen LogP contribution in [0.15, 0.2) is 42.5 Å². The molecule has 0 aliphatic carbocycles. The van der Waals surface area contributed by atoms with Crippen LogP contribution >= 0.6 is 11.6 Å². The number of halogens is 1. The van der Waals surface area contributed by atoms with E-state index in [1.54, 1.807) is 25.3 Å². The Morgan fingerprint density at radius 1 is 1.15 bits per heavy atom. The normalized spacial score (nSPS) is 11.1. The summed E-state index contributed by atoms with van der Waals surface area (Å²) in [6.45, 7) is 7.14. The van der Waals surface area contributed by atoms with Crippen molar-refractivity contribution in [2.24, 2.45) is 0 Å². The topological polar surface area (TPSA) is 47.6 Å². The summed E-state index contributed by atoms with van der Waals surface area (Å²) in [6, 6.07) is 13.3. The third kappa shape index (κ3) is 6.17. The van der Waals surface area contributed by atoms with Crippen LogP contribution in [0.1, 0.15) is 45.6 Å². The molecule has 0 saturated heterocycles. The van der Waals surface area contributed by atoms with Gasteiger partial charge in [-0.15, -0.1) is 0 Å². The first kappa shape index (κ1) is 21.1. The fraction of sp³-hybridized carbons (Fsp3) is 0.409. The molecule has 5 heteroatoms. The molecule has 0 aromatic heterocycles. The molecule has 0 unspecified atom stereocenters. The average Bonchev–Trinajstić information content (AvgIpc) is 2.66. The van der Waals surface area contributed by atoms with Crippen LogP contribution in [-0.4, -0.2) is 19.6 Å². The number of anilines is 1. The predicted octanol–water partition coefficient (Wildman–Crippen LogP) is 5.83. The van der Waals surface area contributed by atoms with Gasteiger partial charge in [0.05, 0.1) is 19.4 Å². The Morgan fingerprint density at radius 2 is 1.85 bits per heavy atom. The molecule has 0 spiro atoms.